The smallest absolute Gasteiger partial charge is 0.337 e. The molecule has 0 aromatic heterocycles. The lowest BCUT2D eigenvalue weighted by atomic mass is 9.82. The van der Waals surface area contributed by atoms with Gasteiger partial charge >= 0.3 is 5.97 Å². The van der Waals surface area contributed by atoms with Crippen LogP contribution in [0.1, 0.15) is 40.2 Å². The van der Waals surface area contributed by atoms with Crippen molar-refractivity contribution in [3.63, 3.8) is 0 Å². The molecule has 1 unspecified atom stereocenters. The number of halogens is 1. The molecule has 0 heterocycles. The van der Waals surface area contributed by atoms with E-state index in [1.807, 2.05) is 18.2 Å². The normalized spacial score (nSPS) is 16.2. The quantitative estimate of drug-likeness (QED) is 0.850. The second-order valence-electron chi connectivity index (χ2n) is 5.82. The standard InChI is InChI=1S/C19H18ClNO3/c1-24-19(23)13-9-10-16(20)17(11-13)21-18(22)15-8-4-6-12-5-2-3-7-14(12)15/h2-3,5,7,9-11,15H,4,6,8H2,1H3,(H,21,22). The molecule has 2 aromatic carbocycles. The molecule has 0 saturated heterocycles. The van der Waals surface area contributed by atoms with E-state index < -0.39 is 5.97 Å². The summed E-state index contributed by atoms with van der Waals surface area (Å²) < 4.78 is 4.70. The minimum absolute atomic E-state index is 0.105. The van der Waals surface area contributed by atoms with Crippen LogP contribution in [0.4, 0.5) is 5.69 Å². The molecular formula is C19H18ClNO3. The second kappa shape index (κ2) is 7.05. The largest absolute Gasteiger partial charge is 0.465 e. The zero-order valence-electron chi connectivity index (χ0n) is 13.3. The van der Waals surface area contributed by atoms with Crippen LogP contribution in [-0.2, 0) is 16.0 Å². The molecule has 124 valence electrons. The monoisotopic (exact) mass is 343 g/mol. The van der Waals surface area contributed by atoms with Crippen LogP contribution in [0, 0.1) is 0 Å². The third kappa shape index (κ3) is 3.29. The van der Waals surface area contributed by atoms with Crippen molar-refractivity contribution >= 4 is 29.2 Å². The first kappa shape index (κ1) is 16.5. The summed E-state index contributed by atoms with van der Waals surface area (Å²) in [4.78, 5) is 24.4. The fourth-order valence-electron chi connectivity index (χ4n) is 3.11. The highest BCUT2D eigenvalue weighted by Gasteiger charge is 2.26. The number of hydrogen-bond donors (Lipinski definition) is 1. The molecule has 0 spiro atoms. The number of methoxy groups -OCH3 is 1. The molecule has 2 aromatic rings. The zero-order chi connectivity index (χ0) is 17.1. The number of ether oxygens (including phenoxy) is 1. The average molecular weight is 344 g/mol. The first-order chi connectivity index (χ1) is 11.6. The van der Waals surface area contributed by atoms with Gasteiger partial charge in [0.15, 0.2) is 0 Å². The van der Waals surface area contributed by atoms with Crippen molar-refractivity contribution in [3.8, 4) is 0 Å². The van der Waals surface area contributed by atoms with Crippen molar-refractivity contribution in [1.82, 2.24) is 0 Å². The summed E-state index contributed by atoms with van der Waals surface area (Å²) in [5, 5.41) is 3.25. The third-order valence-corrected chi connectivity index (χ3v) is 4.66. The summed E-state index contributed by atoms with van der Waals surface area (Å²) in [5.74, 6) is -0.774. The summed E-state index contributed by atoms with van der Waals surface area (Å²) in [7, 11) is 1.31. The molecule has 0 saturated carbocycles. The molecule has 4 nitrogen and oxygen atoms in total. The molecule has 24 heavy (non-hydrogen) atoms. The van der Waals surface area contributed by atoms with Gasteiger partial charge in [0.1, 0.15) is 0 Å². The lowest BCUT2D eigenvalue weighted by Gasteiger charge is -2.24. The highest BCUT2D eigenvalue weighted by Crippen LogP contribution is 2.33. The minimum Gasteiger partial charge on any atom is -0.465 e. The van der Waals surface area contributed by atoms with Crippen LogP contribution in [0.25, 0.3) is 0 Å². The fraction of sp³-hybridized carbons (Fsp3) is 0.263. The maximum absolute atomic E-state index is 12.7. The SMILES string of the molecule is COC(=O)c1ccc(Cl)c(NC(=O)C2CCCc3ccccc32)c1. The molecular weight excluding hydrogens is 326 g/mol. The van der Waals surface area contributed by atoms with Crippen LogP contribution in [0.15, 0.2) is 42.5 Å². The summed E-state index contributed by atoms with van der Waals surface area (Å²) >= 11 is 6.16. The number of hydrogen-bond acceptors (Lipinski definition) is 3. The Labute approximate surface area is 145 Å². The predicted molar refractivity (Wildman–Crippen MR) is 93.5 cm³/mol. The maximum atomic E-state index is 12.7. The van der Waals surface area contributed by atoms with Gasteiger partial charge in [0.2, 0.25) is 5.91 Å². The van der Waals surface area contributed by atoms with E-state index in [0.717, 1.165) is 24.8 Å². The van der Waals surface area contributed by atoms with E-state index in [2.05, 4.69) is 11.4 Å². The molecule has 1 aliphatic carbocycles. The number of benzene rings is 2. The van der Waals surface area contributed by atoms with Gasteiger partial charge in [-0.25, -0.2) is 4.79 Å². The van der Waals surface area contributed by atoms with Crippen molar-refractivity contribution < 1.29 is 14.3 Å². The minimum atomic E-state index is -0.467. The van der Waals surface area contributed by atoms with Gasteiger partial charge in [0.05, 0.1) is 29.3 Å². The number of aryl methyl sites for hydroxylation is 1. The Kier molecular flexibility index (Phi) is 4.86. The molecule has 3 rings (SSSR count). The number of nitrogens with one attached hydrogen (secondary N) is 1. The van der Waals surface area contributed by atoms with Gasteiger partial charge in [0.25, 0.3) is 0 Å². The van der Waals surface area contributed by atoms with Gasteiger partial charge in [-0.15, -0.1) is 0 Å². The number of fused-ring (bicyclic) bond motifs is 1. The Morgan fingerprint density at radius 2 is 2.00 bits per heavy atom. The Balaban J connectivity index is 1.85. The first-order valence-corrected chi connectivity index (χ1v) is 8.24. The number of esters is 1. The summed E-state index contributed by atoms with van der Waals surface area (Å²) in [6.07, 6.45) is 2.78. The molecule has 0 aliphatic heterocycles. The van der Waals surface area contributed by atoms with Crippen LogP contribution >= 0.6 is 11.6 Å². The third-order valence-electron chi connectivity index (χ3n) is 4.33. The molecule has 1 aliphatic rings. The van der Waals surface area contributed by atoms with Gasteiger partial charge in [0, 0.05) is 0 Å². The fourth-order valence-corrected chi connectivity index (χ4v) is 3.28. The van der Waals surface area contributed by atoms with E-state index in [9.17, 15) is 9.59 Å². The van der Waals surface area contributed by atoms with Gasteiger partial charge in [-0.1, -0.05) is 35.9 Å². The van der Waals surface area contributed by atoms with Crippen LogP contribution in [0.5, 0.6) is 0 Å². The summed E-state index contributed by atoms with van der Waals surface area (Å²) in [6.45, 7) is 0. The lowest BCUT2D eigenvalue weighted by Crippen LogP contribution is -2.25. The number of carbonyl (C=O) groups excluding carboxylic acids is 2. The molecule has 5 heteroatoms. The summed E-state index contributed by atoms with van der Waals surface area (Å²) in [6, 6.07) is 12.7. The highest BCUT2D eigenvalue weighted by atomic mass is 35.5. The van der Waals surface area contributed by atoms with E-state index in [-0.39, 0.29) is 11.8 Å². The molecule has 1 atom stereocenters. The van der Waals surface area contributed by atoms with Crippen molar-refractivity contribution in [1.29, 1.82) is 0 Å². The van der Waals surface area contributed by atoms with Gasteiger partial charge < -0.3 is 10.1 Å². The molecule has 1 amide bonds. The molecule has 0 radical (unpaired) electrons. The number of rotatable bonds is 3. The Bertz CT molecular complexity index is 788. The first-order valence-electron chi connectivity index (χ1n) is 7.86. The zero-order valence-corrected chi connectivity index (χ0v) is 14.1. The second-order valence-corrected chi connectivity index (χ2v) is 6.23. The number of anilines is 1. The average Bonchev–Trinajstić information content (AvgIpc) is 2.62. The van der Waals surface area contributed by atoms with Crippen molar-refractivity contribution in [2.45, 2.75) is 25.2 Å². The van der Waals surface area contributed by atoms with Gasteiger partial charge in [-0.3, -0.25) is 4.79 Å². The van der Waals surface area contributed by atoms with Gasteiger partial charge in [-0.05, 0) is 48.6 Å². The van der Waals surface area contributed by atoms with Crippen molar-refractivity contribution in [2.24, 2.45) is 0 Å². The molecule has 1 N–H and O–H groups in total. The Morgan fingerprint density at radius 1 is 1.21 bits per heavy atom. The van der Waals surface area contributed by atoms with E-state index in [0.29, 0.717) is 16.3 Å². The van der Waals surface area contributed by atoms with E-state index >= 15 is 0 Å². The maximum Gasteiger partial charge on any atom is 0.337 e. The van der Waals surface area contributed by atoms with Crippen LogP contribution in [0.3, 0.4) is 0 Å². The topological polar surface area (TPSA) is 55.4 Å². The van der Waals surface area contributed by atoms with E-state index in [4.69, 9.17) is 16.3 Å². The van der Waals surface area contributed by atoms with Crippen LogP contribution in [-0.4, -0.2) is 19.0 Å². The summed E-state index contributed by atoms with van der Waals surface area (Å²) in [5.41, 5.74) is 3.06. The highest BCUT2D eigenvalue weighted by molar-refractivity contribution is 6.34. The number of carbonyl (C=O) groups is 2. The van der Waals surface area contributed by atoms with Crippen molar-refractivity contribution in [3.05, 3.63) is 64.2 Å². The van der Waals surface area contributed by atoms with E-state index in [1.54, 1.807) is 18.2 Å². The van der Waals surface area contributed by atoms with E-state index in [1.165, 1.54) is 12.7 Å². The van der Waals surface area contributed by atoms with Crippen molar-refractivity contribution in [2.75, 3.05) is 12.4 Å². The van der Waals surface area contributed by atoms with Crippen LogP contribution in [0.2, 0.25) is 5.02 Å². The molecule has 0 fully saturated rings. The van der Waals surface area contributed by atoms with Gasteiger partial charge in [-0.2, -0.15) is 0 Å². The van der Waals surface area contributed by atoms with Crippen LogP contribution < -0.4 is 5.32 Å². The predicted octanol–water partition coefficient (Wildman–Crippen LogP) is 4.19. The Hall–Kier alpha value is -2.33. The molecule has 0 bridgehead atoms. The lowest BCUT2D eigenvalue weighted by molar-refractivity contribution is -0.117. The Morgan fingerprint density at radius 3 is 2.79 bits per heavy atom. The number of amides is 1.